The van der Waals surface area contributed by atoms with Crippen LogP contribution < -0.4 is 21.3 Å². The van der Waals surface area contributed by atoms with E-state index in [0.717, 1.165) is 25.7 Å². The number of benzene rings is 1. The fourth-order valence-electron chi connectivity index (χ4n) is 8.23. The van der Waals surface area contributed by atoms with Gasteiger partial charge in [-0.15, -0.1) is 16.8 Å². The molecule has 5 rings (SSSR count). The third kappa shape index (κ3) is 20.9. The van der Waals surface area contributed by atoms with E-state index in [1.54, 1.807) is 24.3 Å². The highest BCUT2D eigenvalue weighted by atomic mass is 32.2. The number of anilines is 1. The maximum atomic E-state index is 13.3. The molecule has 1 unspecified atom stereocenters. The summed E-state index contributed by atoms with van der Waals surface area (Å²) in [5.74, 6) is -2.45. The van der Waals surface area contributed by atoms with E-state index < -0.39 is 41.7 Å². The number of carbonyl (C=O) groups is 9. The number of rotatable bonds is 35. The van der Waals surface area contributed by atoms with Crippen molar-refractivity contribution in [3.05, 3.63) is 30.3 Å². The Morgan fingerprint density at radius 2 is 1.28 bits per heavy atom. The van der Waals surface area contributed by atoms with Gasteiger partial charge in [-0.3, -0.25) is 43.3 Å². The molecule has 0 bridgehead atoms. The summed E-state index contributed by atoms with van der Waals surface area (Å²) in [5, 5.41) is 11.3. The Morgan fingerprint density at radius 3 is 1.89 bits per heavy atom. The molecule has 3 saturated heterocycles. The summed E-state index contributed by atoms with van der Waals surface area (Å²) < 4.78 is 32.5. The molecule has 4 aliphatic rings. The zero-order valence-corrected chi connectivity index (χ0v) is 41.2. The quantitative estimate of drug-likeness (QED) is 0.0553. The van der Waals surface area contributed by atoms with E-state index in [0.29, 0.717) is 121 Å². The molecule has 3 heterocycles. The van der Waals surface area contributed by atoms with Crippen LogP contribution in [0.3, 0.4) is 0 Å². The molecule has 1 aromatic carbocycles. The largest absolute Gasteiger partial charge is 0.377 e. The maximum absolute atomic E-state index is 13.3. The Balaban J connectivity index is 0.798. The smallest absolute Gasteiger partial charge is 0.358 e. The summed E-state index contributed by atoms with van der Waals surface area (Å²) in [6.45, 7) is 4.00. The summed E-state index contributed by atoms with van der Waals surface area (Å²) >= 11 is 1.48. The number of nitrogens with zero attached hydrogens (tertiary/aromatic N) is 2. The second-order valence-electron chi connectivity index (χ2n) is 17.5. The molecule has 22 nitrogen and oxygen atoms in total. The van der Waals surface area contributed by atoms with E-state index in [2.05, 4.69) is 21.3 Å². The van der Waals surface area contributed by atoms with Crippen LogP contribution in [-0.2, 0) is 76.4 Å². The highest BCUT2D eigenvalue weighted by Gasteiger charge is 2.40. The van der Waals surface area contributed by atoms with Crippen LogP contribution in [0.4, 0.5) is 5.69 Å². The van der Waals surface area contributed by atoms with Gasteiger partial charge in [0.15, 0.2) is 0 Å². The van der Waals surface area contributed by atoms with Gasteiger partial charge >= 0.3 is 5.97 Å². The van der Waals surface area contributed by atoms with Gasteiger partial charge in [-0.05, 0) is 68.7 Å². The second kappa shape index (κ2) is 32.1. The topological polar surface area (TPSA) is 273 Å². The summed E-state index contributed by atoms with van der Waals surface area (Å²) in [6.07, 6.45) is 6.37. The molecule has 3 atom stereocenters. The molecule has 394 valence electrons. The van der Waals surface area contributed by atoms with Crippen molar-refractivity contribution < 1.29 is 76.4 Å². The van der Waals surface area contributed by atoms with Crippen LogP contribution in [0.15, 0.2) is 30.3 Å². The van der Waals surface area contributed by atoms with Crippen LogP contribution in [0.5, 0.6) is 0 Å². The molecule has 1 aromatic rings. The molecule has 23 heteroatoms. The third-order valence-corrected chi connectivity index (χ3v) is 13.4. The molecule has 71 heavy (non-hydrogen) atoms. The minimum Gasteiger partial charge on any atom is -0.377 e. The predicted octanol–water partition coefficient (Wildman–Crippen LogP) is 1.44. The highest BCUT2D eigenvalue weighted by molar-refractivity contribution is 8.00. The predicted molar refractivity (Wildman–Crippen MR) is 255 cm³/mol. The maximum Gasteiger partial charge on any atom is 0.358 e. The molecule has 0 radical (unpaired) electrons. The van der Waals surface area contributed by atoms with Gasteiger partial charge in [-0.25, -0.2) is 4.79 Å². The summed E-state index contributed by atoms with van der Waals surface area (Å²) in [7, 11) is 0. The minimum absolute atomic E-state index is 0.0166. The Bertz CT molecular complexity index is 1890. The first-order chi connectivity index (χ1) is 34.5. The molecular formula is C48H70N6O16S. The molecule has 4 N–H and O–H groups in total. The van der Waals surface area contributed by atoms with Gasteiger partial charge in [0, 0.05) is 50.4 Å². The van der Waals surface area contributed by atoms with Crippen molar-refractivity contribution in [3.63, 3.8) is 0 Å². The number of carbonyl (C=O) groups excluding carboxylic acids is 9. The monoisotopic (exact) mass is 1020 g/mol. The standard InChI is InChI=1S/C48H70N6O16S/c55-40-15-14-38(51-40)47(62)52-37(46(61)50-36-7-3-1-4-8-36)9-5-2-6-30-71-39-31-43(58)53(48(39)63)32-34-10-12-35(13-11-34)45(60)49-18-19-64-20-21-65-22-23-66-24-25-67-26-27-68-28-29-69-33-44(59)70-54-41(56)16-17-42(54)57/h1,3-4,7-8,34-35,37-39H,2,5-6,9-33H2,(H,49,60)(H,50,61)(H,51,55)(H,52,62)/t34?,35?,37-,38+,39?/m0/s1. The van der Waals surface area contributed by atoms with Crippen molar-refractivity contribution in [3.8, 4) is 0 Å². The van der Waals surface area contributed by atoms with E-state index in [1.165, 1.54) is 16.7 Å². The van der Waals surface area contributed by atoms with Crippen LogP contribution in [-0.4, -0.2) is 179 Å². The van der Waals surface area contributed by atoms with E-state index in [4.69, 9.17) is 33.3 Å². The third-order valence-electron chi connectivity index (χ3n) is 12.1. The number of hydrogen-bond acceptors (Lipinski definition) is 17. The molecule has 3 aliphatic heterocycles. The van der Waals surface area contributed by atoms with Gasteiger partial charge in [0.1, 0.15) is 18.7 Å². The summed E-state index contributed by atoms with van der Waals surface area (Å²) in [4.78, 5) is 117. The molecule has 1 saturated carbocycles. The van der Waals surface area contributed by atoms with Crippen LogP contribution in [0.1, 0.15) is 83.5 Å². The lowest BCUT2D eigenvalue weighted by Crippen LogP contribution is -2.50. The van der Waals surface area contributed by atoms with Crippen LogP contribution in [0.25, 0.3) is 0 Å². The van der Waals surface area contributed by atoms with Crippen molar-refractivity contribution in [2.75, 3.05) is 103 Å². The molecular weight excluding hydrogens is 949 g/mol. The number of unbranched alkanes of at least 4 members (excludes halogenated alkanes) is 2. The lowest BCUT2D eigenvalue weighted by atomic mass is 9.81. The first-order valence-corrected chi connectivity index (χ1v) is 25.8. The van der Waals surface area contributed by atoms with E-state index in [9.17, 15) is 43.2 Å². The SMILES string of the molecule is O=C1CC[C@H](C(=O)N[C@@H](CCCCCSC2CC(=O)N(CC3CCC(C(=O)NCCOCCOCCOCCOCCOCCOCC(=O)ON4C(=O)CCC4=O)CC3)C2=O)C(=O)Nc2ccccc2)N1. The normalized spacial score (nSPS) is 20.6. The average Bonchev–Trinajstić information content (AvgIpc) is 4.03. The average molecular weight is 1020 g/mol. The first kappa shape index (κ1) is 56.9. The summed E-state index contributed by atoms with van der Waals surface area (Å²) in [6, 6.07) is 7.56. The zero-order chi connectivity index (χ0) is 50.6. The van der Waals surface area contributed by atoms with Crippen molar-refractivity contribution >= 4 is 70.7 Å². The summed E-state index contributed by atoms with van der Waals surface area (Å²) in [5.41, 5.74) is 0.618. The van der Waals surface area contributed by atoms with Crippen LogP contribution in [0, 0.1) is 11.8 Å². The van der Waals surface area contributed by atoms with Gasteiger partial charge in [-0.2, -0.15) is 0 Å². The molecule has 8 amide bonds. The lowest BCUT2D eigenvalue weighted by molar-refractivity contribution is -0.200. The highest BCUT2D eigenvalue weighted by Crippen LogP contribution is 2.33. The van der Waals surface area contributed by atoms with Crippen molar-refractivity contribution in [2.45, 2.75) is 101 Å². The van der Waals surface area contributed by atoms with E-state index in [1.807, 2.05) is 6.07 Å². The molecule has 4 fully saturated rings. The van der Waals surface area contributed by atoms with Crippen molar-refractivity contribution in [1.82, 2.24) is 25.9 Å². The number of imide groups is 2. The second-order valence-corrected chi connectivity index (χ2v) is 18.8. The molecule has 0 aromatic heterocycles. The van der Waals surface area contributed by atoms with Gasteiger partial charge < -0.3 is 54.5 Å². The number of ether oxygens (including phenoxy) is 6. The molecule has 1 aliphatic carbocycles. The number of amides is 8. The van der Waals surface area contributed by atoms with Crippen molar-refractivity contribution in [2.24, 2.45) is 11.8 Å². The fourth-order valence-corrected chi connectivity index (χ4v) is 9.41. The minimum atomic E-state index is -0.840. The van der Waals surface area contributed by atoms with Gasteiger partial charge in [0.25, 0.3) is 11.8 Å². The Morgan fingerprint density at radius 1 is 0.676 bits per heavy atom. The number of hydrogen-bond donors (Lipinski definition) is 4. The Hall–Kier alpha value is -5.04. The number of hydroxylamine groups is 2. The van der Waals surface area contributed by atoms with Gasteiger partial charge in [-0.1, -0.05) is 31.0 Å². The van der Waals surface area contributed by atoms with E-state index in [-0.39, 0.29) is 86.2 Å². The van der Waals surface area contributed by atoms with Crippen LogP contribution in [0.2, 0.25) is 0 Å². The van der Waals surface area contributed by atoms with Gasteiger partial charge in [0.05, 0.1) is 77.9 Å². The van der Waals surface area contributed by atoms with Gasteiger partial charge in [0.2, 0.25) is 35.4 Å². The number of thioether (sulfide) groups is 1. The van der Waals surface area contributed by atoms with Crippen LogP contribution >= 0.6 is 11.8 Å². The number of para-hydroxylation sites is 1. The Labute approximate surface area is 418 Å². The Kier molecular flexibility index (Phi) is 25.7. The number of likely N-dealkylation sites (tertiary alicyclic amines) is 1. The zero-order valence-electron chi connectivity index (χ0n) is 40.4. The van der Waals surface area contributed by atoms with E-state index >= 15 is 0 Å². The first-order valence-electron chi connectivity index (χ1n) is 24.7. The molecule has 0 spiro atoms. The number of nitrogens with one attached hydrogen (secondary N) is 4. The van der Waals surface area contributed by atoms with Crippen molar-refractivity contribution in [1.29, 1.82) is 0 Å². The lowest BCUT2D eigenvalue weighted by Gasteiger charge is -2.30. The fraction of sp³-hybridized carbons (Fsp3) is 0.688.